The van der Waals surface area contributed by atoms with E-state index >= 15 is 0 Å². The quantitative estimate of drug-likeness (QED) is 0.565. The molecule has 0 aliphatic carbocycles. The molecule has 1 saturated heterocycles. The number of imide groups is 1. The van der Waals surface area contributed by atoms with E-state index in [1.54, 1.807) is 11.8 Å². The lowest BCUT2D eigenvalue weighted by Crippen LogP contribution is -2.53. The molecule has 1 aromatic heterocycles. The summed E-state index contributed by atoms with van der Waals surface area (Å²) in [6.45, 7) is 7.86. The van der Waals surface area contributed by atoms with Crippen molar-refractivity contribution in [3.8, 4) is 0 Å². The Morgan fingerprint density at radius 2 is 1.71 bits per heavy atom. The molecule has 7 heteroatoms. The lowest BCUT2D eigenvalue weighted by Gasteiger charge is -2.36. The van der Waals surface area contributed by atoms with Crippen LogP contribution in [0.15, 0.2) is 54.6 Å². The number of carbonyl (C=O) groups is 3. The van der Waals surface area contributed by atoms with Gasteiger partial charge in [-0.05, 0) is 43.4 Å². The fourth-order valence-electron chi connectivity index (χ4n) is 5.51. The molecule has 1 unspecified atom stereocenters. The molecule has 2 aliphatic rings. The topological polar surface area (TPSA) is 85.5 Å². The van der Waals surface area contributed by atoms with Gasteiger partial charge in [-0.2, -0.15) is 0 Å². The summed E-state index contributed by atoms with van der Waals surface area (Å²) in [5.41, 5.74) is 2.57. The van der Waals surface area contributed by atoms with Crippen LogP contribution in [0.1, 0.15) is 50.6 Å². The zero-order valence-electron chi connectivity index (χ0n) is 20.0. The van der Waals surface area contributed by atoms with Gasteiger partial charge in [0.05, 0.1) is 11.7 Å². The summed E-state index contributed by atoms with van der Waals surface area (Å²) in [6.07, 6.45) is 0.658. The number of aromatic amines is 1. The summed E-state index contributed by atoms with van der Waals surface area (Å²) < 4.78 is 0. The van der Waals surface area contributed by atoms with Gasteiger partial charge in [-0.25, -0.2) is 9.69 Å². The van der Waals surface area contributed by atoms with E-state index in [1.807, 2.05) is 75.4 Å². The fraction of sp³-hybridized carbons (Fsp3) is 0.370. The molecule has 2 N–H and O–H groups in total. The highest BCUT2D eigenvalue weighted by Gasteiger charge is 2.61. The van der Waals surface area contributed by atoms with Crippen molar-refractivity contribution < 1.29 is 14.4 Å². The number of nitrogens with one attached hydrogen (secondary N) is 2. The smallest absolute Gasteiger partial charge is 0.328 e. The van der Waals surface area contributed by atoms with Gasteiger partial charge in [0.25, 0.3) is 5.91 Å². The number of fused-ring (bicyclic) bond motifs is 5. The zero-order chi connectivity index (χ0) is 24.2. The number of hydrogen-bond acceptors (Lipinski definition) is 3. The van der Waals surface area contributed by atoms with Crippen molar-refractivity contribution in [3.05, 3.63) is 71.4 Å². The number of nitrogens with zero attached hydrogens (tertiary/aromatic N) is 2. The Hall–Kier alpha value is -3.61. The van der Waals surface area contributed by atoms with Crippen LogP contribution in [0, 0.1) is 5.92 Å². The second-order valence-corrected chi connectivity index (χ2v) is 9.79. The summed E-state index contributed by atoms with van der Waals surface area (Å²) in [5.74, 6) is -0.928. The maximum atomic E-state index is 14.0. The van der Waals surface area contributed by atoms with Crippen LogP contribution in [-0.2, 0) is 21.5 Å². The van der Waals surface area contributed by atoms with E-state index in [4.69, 9.17) is 0 Å². The molecule has 4 amide bonds. The Bertz CT molecular complexity index is 1280. The van der Waals surface area contributed by atoms with E-state index in [2.05, 4.69) is 10.3 Å². The zero-order valence-corrected chi connectivity index (χ0v) is 20.0. The average molecular weight is 459 g/mol. The van der Waals surface area contributed by atoms with Crippen LogP contribution in [0.4, 0.5) is 4.79 Å². The Balaban J connectivity index is 1.50. The molecule has 0 saturated carbocycles. The molecule has 0 spiro atoms. The number of para-hydroxylation sites is 1. The Kier molecular flexibility index (Phi) is 5.23. The van der Waals surface area contributed by atoms with Gasteiger partial charge in [0.2, 0.25) is 5.91 Å². The first-order valence-corrected chi connectivity index (χ1v) is 11.9. The van der Waals surface area contributed by atoms with E-state index < -0.39 is 17.6 Å². The maximum Gasteiger partial charge on any atom is 0.328 e. The van der Waals surface area contributed by atoms with Gasteiger partial charge in [-0.1, -0.05) is 62.4 Å². The van der Waals surface area contributed by atoms with Gasteiger partial charge in [-0.3, -0.25) is 9.59 Å². The van der Waals surface area contributed by atoms with Gasteiger partial charge in [0, 0.05) is 17.4 Å². The highest BCUT2D eigenvalue weighted by molar-refractivity contribution is 6.11. The number of aromatic nitrogens is 1. The maximum absolute atomic E-state index is 14.0. The molecule has 5 rings (SSSR count). The molecule has 3 heterocycles. The highest BCUT2D eigenvalue weighted by atomic mass is 16.2. The van der Waals surface area contributed by atoms with Crippen LogP contribution < -0.4 is 5.32 Å². The number of rotatable bonds is 5. The Morgan fingerprint density at radius 3 is 2.41 bits per heavy atom. The molecular formula is C27H30N4O3. The first kappa shape index (κ1) is 22.2. The normalized spacial score (nSPS) is 21.6. The average Bonchev–Trinajstić information content (AvgIpc) is 3.29. The van der Waals surface area contributed by atoms with Crippen molar-refractivity contribution in [1.82, 2.24) is 20.1 Å². The minimum Gasteiger partial charge on any atom is -0.356 e. The summed E-state index contributed by atoms with van der Waals surface area (Å²) in [6, 6.07) is 16.0. The molecule has 3 atom stereocenters. The van der Waals surface area contributed by atoms with Crippen molar-refractivity contribution >= 4 is 28.7 Å². The predicted molar refractivity (Wildman–Crippen MR) is 130 cm³/mol. The number of carbonyl (C=O) groups excluding carboxylic acids is 3. The summed E-state index contributed by atoms with van der Waals surface area (Å²) >= 11 is 0. The van der Waals surface area contributed by atoms with Crippen molar-refractivity contribution in [3.63, 3.8) is 0 Å². The first-order chi connectivity index (χ1) is 16.2. The van der Waals surface area contributed by atoms with Crippen LogP contribution in [0.2, 0.25) is 0 Å². The van der Waals surface area contributed by atoms with E-state index in [0.717, 1.165) is 27.7 Å². The summed E-state index contributed by atoms with van der Waals surface area (Å²) in [5, 5.41) is 4.09. The molecule has 176 valence electrons. The third kappa shape index (κ3) is 3.14. The van der Waals surface area contributed by atoms with Crippen LogP contribution in [0.5, 0.6) is 0 Å². The molecule has 3 aromatic rings. The van der Waals surface area contributed by atoms with Crippen molar-refractivity contribution in [2.75, 3.05) is 6.54 Å². The third-order valence-electron chi connectivity index (χ3n) is 7.33. The van der Waals surface area contributed by atoms with Gasteiger partial charge >= 0.3 is 6.03 Å². The summed E-state index contributed by atoms with van der Waals surface area (Å²) in [4.78, 5) is 47.3. The fourth-order valence-corrected chi connectivity index (χ4v) is 5.51. The number of H-pyrrole nitrogens is 1. The molecule has 2 aliphatic heterocycles. The molecule has 7 nitrogen and oxygen atoms in total. The molecule has 34 heavy (non-hydrogen) atoms. The van der Waals surface area contributed by atoms with Crippen LogP contribution in [-0.4, -0.2) is 45.2 Å². The van der Waals surface area contributed by atoms with Crippen molar-refractivity contribution in [2.45, 2.75) is 51.7 Å². The number of hydrogen-bond donors (Lipinski definition) is 2. The van der Waals surface area contributed by atoms with Crippen molar-refractivity contribution in [2.24, 2.45) is 5.92 Å². The van der Waals surface area contributed by atoms with E-state index in [9.17, 15) is 14.4 Å². The lowest BCUT2D eigenvalue weighted by atomic mass is 9.86. The van der Waals surface area contributed by atoms with Crippen molar-refractivity contribution in [1.29, 1.82) is 0 Å². The van der Waals surface area contributed by atoms with Crippen LogP contribution in [0.3, 0.4) is 0 Å². The van der Waals surface area contributed by atoms with Gasteiger partial charge in [0.15, 0.2) is 5.54 Å². The molecule has 2 aromatic carbocycles. The monoisotopic (exact) mass is 458 g/mol. The first-order valence-electron chi connectivity index (χ1n) is 11.9. The van der Waals surface area contributed by atoms with E-state index in [1.165, 1.54) is 4.90 Å². The molecular weight excluding hydrogens is 428 g/mol. The van der Waals surface area contributed by atoms with Gasteiger partial charge in [0.1, 0.15) is 6.04 Å². The SMILES string of the molecule is CC(NC(=O)[C@H](C(C)C)N1C(=O)N2CCc3c([nH]c4ccccc34)[C@@]2(C)C1=O)c1ccccc1. The second kappa shape index (κ2) is 8.01. The van der Waals surface area contributed by atoms with E-state index in [-0.39, 0.29) is 23.8 Å². The summed E-state index contributed by atoms with van der Waals surface area (Å²) in [7, 11) is 0. The molecule has 0 bridgehead atoms. The Morgan fingerprint density at radius 1 is 1.03 bits per heavy atom. The minimum absolute atomic E-state index is 0.247. The highest BCUT2D eigenvalue weighted by Crippen LogP contribution is 2.45. The van der Waals surface area contributed by atoms with Crippen LogP contribution in [0.25, 0.3) is 10.9 Å². The van der Waals surface area contributed by atoms with Gasteiger partial charge < -0.3 is 15.2 Å². The van der Waals surface area contributed by atoms with Gasteiger partial charge in [-0.15, -0.1) is 0 Å². The van der Waals surface area contributed by atoms with Crippen LogP contribution >= 0.6 is 0 Å². The molecule has 0 radical (unpaired) electrons. The third-order valence-corrected chi connectivity index (χ3v) is 7.33. The molecule has 1 fully saturated rings. The largest absolute Gasteiger partial charge is 0.356 e. The van der Waals surface area contributed by atoms with E-state index in [0.29, 0.717) is 13.0 Å². The standard InChI is InChI=1S/C27H30N4O3/c1-16(2)22(24(32)28-17(3)18-10-6-5-7-11-18)31-25(33)27(4)23-20(14-15-30(27)26(31)34)19-12-8-9-13-21(19)29-23/h5-13,16-17,22,29H,14-15H2,1-4H3,(H,28,32)/t17?,22-,27-/m0/s1. The predicted octanol–water partition coefficient (Wildman–Crippen LogP) is 4.11. The Labute approximate surface area is 199 Å². The second-order valence-electron chi connectivity index (χ2n) is 9.79. The number of amides is 4. The lowest BCUT2D eigenvalue weighted by molar-refractivity contribution is -0.141. The number of urea groups is 1. The minimum atomic E-state index is -1.16. The number of benzene rings is 2.